The summed E-state index contributed by atoms with van der Waals surface area (Å²) in [5, 5.41) is 5.17. The van der Waals surface area contributed by atoms with Crippen LogP contribution in [0.25, 0.3) is 10.8 Å². The molecule has 1 amide bonds. The van der Waals surface area contributed by atoms with Crippen LogP contribution in [0.5, 0.6) is 0 Å². The zero-order chi connectivity index (χ0) is 18.7. The molecule has 3 aromatic carbocycles. The molecule has 3 aromatic rings. The molecule has 0 aliphatic heterocycles. The van der Waals surface area contributed by atoms with E-state index in [4.69, 9.17) is 0 Å². The lowest BCUT2D eigenvalue weighted by molar-refractivity contribution is -0.121. The molecule has 0 saturated carbocycles. The van der Waals surface area contributed by atoms with Gasteiger partial charge >= 0.3 is 0 Å². The zero-order valence-corrected chi connectivity index (χ0v) is 15.6. The van der Waals surface area contributed by atoms with E-state index in [1.165, 1.54) is 6.26 Å². The summed E-state index contributed by atoms with van der Waals surface area (Å²) >= 11 is 0. The summed E-state index contributed by atoms with van der Waals surface area (Å²) in [4.78, 5) is 12.7. The van der Waals surface area contributed by atoms with Gasteiger partial charge in [0.1, 0.15) is 0 Å². The maximum Gasteiger partial charge on any atom is 0.224 e. The SMILES string of the molecule is C[C@@H](NC(=O)Cc1cccc2ccccc12)c1ccc(S(C)(=O)=O)cc1. The first kappa shape index (κ1) is 18.1. The number of nitrogens with one attached hydrogen (secondary N) is 1. The van der Waals surface area contributed by atoms with Gasteiger partial charge in [0.25, 0.3) is 0 Å². The van der Waals surface area contributed by atoms with Crippen molar-refractivity contribution in [1.82, 2.24) is 5.32 Å². The molecule has 0 bridgehead atoms. The van der Waals surface area contributed by atoms with Gasteiger partial charge in [-0.2, -0.15) is 0 Å². The number of rotatable bonds is 5. The van der Waals surface area contributed by atoms with Gasteiger partial charge in [-0.1, -0.05) is 54.6 Å². The van der Waals surface area contributed by atoms with E-state index in [9.17, 15) is 13.2 Å². The molecule has 1 atom stereocenters. The van der Waals surface area contributed by atoms with Gasteiger partial charge in [0.05, 0.1) is 17.4 Å². The number of amides is 1. The van der Waals surface area contributed by atoms with Crippen LogP contribution in [0.1, 0.15) is 24.1 Å². The van der Waals surface area contributed by atoms with Gasteiger partial charge < -0.3 is 5.32 Å². The molecule has 0 aromatic heterocycles. The molecule has 3 rings (SSSR count). The molecule has 0 radical (unpaired) electrons. The van der Waals surface area contributed by atoms with E-state index >= 15 is 0 Å². The van der Waals surface area contributed by atoms with Crippen molar-refractivity contribution < 1.29 is 13.2 Å². The van der Waals surface area contributed by atoms with Crippen LogP contribution in [0.15, 0.2) is 71.6 Å². The highest BCUT2D eigenvalue weighted by atomic mass is 32.2. The third-order valence-electron chi connectivity index (χ3n) is 4.42. The first-order valence-electron chi connectivity index (χ1n) is 8.40. The highest BCUT2D eigenvalue weighted by Gasteiger charge is 2.13. The topological polar surface area (TPSA) is 63.2 Å². The van der Waals surface area contributed by atoms with Gasteiger partial charge in [-0.15, -0.1) is 0 Å². The Kier molecular flexibility index (Phi) is 5.09. The summed E-state index contributed by atoms with van der Waals surface area (Å²) in [6, 6.07) is 20.4. The van der Waals surface area contributed by atoms with Crippen molar-refractivity contribution >= 4 is 26.5 Å². The van der Waals surface area contributed by atoms with Crippen LogP contribution >= 0.6 is 0 Å². The standard InChI is InChI=1S/C21H21NO3S/c1-15(16-10-12-19(13-11-16)26(2,24)25)22-21(23)14-18-8-5-7-17-6-3-4-9-20(17)18/h3-13,15H,14H2,1-2H3,(H,22,23)/t15-/m1/s1. The fourth-order valence-corrected chi connectivity index (χ4v) is 3.63. The number of carbonyl (C=O) groups excluding carboxylic acids is 1. The smallest absolute Gasteiger partial charge is 0.224 e. The molecule has 0 spiro atoms. The Labute approximate surface area is 153 Å². The van der Waals surface area contributed by atoms with E-state index in [2.05, 4.69) is 5.32 Å². The number of hydrogen-bond acceptors (Lipinski definition) is 3. The summed E-state index contributed by atoms with van der Waals surface area (Å²) < 4.78 is 23.1. The molecule has 4 nitrogen and oxygen atoms in total. The zero-order valence-electron chi connectivity index (χ0n) is 14.8. The van der Waals surface area contributed by atoms with E-state index in [1.54, 1.807) is 24.3 Å². The minimum absolute atomic E-state index is 0.0685. The predicted molar refractivity (Wildman–Crippen MR) is 104 cm³/mol. The molecule has 0 saturated heterocycles. The summed E-state index contributed by atoms with van der Waals surface area (Å²) in [5.74, 6) is -0.0685. The van der Waals surface area contributed by atoms with Gasteiger partial charge in [0, 0.05) is 6.26 Å². The van der Waals surface area contributed by atoms with E-state index in [0.717, 1.165) is 21.9 Å². The Morgan fingerprint density at radius 3 is 2.31 bits per heavy atom. The normalized spacial score (nSPS) is 12.7. The quantitative estimate of drug-likeness (QED) is 0.748. The number of carbonyl (C=O) groups is 1. The molecule has 26 heavy (non-hydrogen) atoms. The number of hydrogen-bond donors (Lipinski definition) is 1. The monoisotopic (exact) mass is 367 g/mol. The molecule has 0 fully saturated rings. The maximum atomic E-state index is 12.5. The molecule has 1 N–H and O–H groups in total. The first-order chi connectivity index (χ1) is 12.3. The second-order valence-electron chi connectivity index (χ2n) is 6.45. The largest absolute Gasteiger partial charge is 0.349 e. The lowest BCUT2D eigenvalue weighted by Crippen LogP contribution is -2.28. The molecule has 0 aliphatic rings. The lowest BCUT2D eigenvalue weighted by Gasteiger charge is -2.15. The predicted octanol–water partition coefficient (Wildman–Crippen LogP) is 3.66. The van der Waals surface area contributed by atoms with Crippen molar-refractivity contribution in [3.8, 4) is 0 Å². The summed E-state index contributed by atoms with van der Waals surface area (Å²) in [6.45, 7) is 1.89. The summed E-state index contributed by atoms with van der Waals surface area (Å²) in [5.41, 5.74) is 1.85. The molecule has 0 aliphatic carbocycles. The maximum absolute atomic E-state index is 12.5. The van der Waals surface area contributed by atoms with Gasteiger partial charge in [0.2, 0.25) is 5.91 Å². The third-order valence-corrected chi connectivity index (χ3v) is 5.55. The van der Waals surface area contributed by atoms with Crippen molar-refractivity contribution in [3.63, 3.8) is 0 Å². The van der Waals surface area contributed by atoms with Crippen LogP contribution in [-0.2, 0) is 21.1 Å². The Hall–Kier alpha value is -2.66. The molecule has 134 valence electrons. The van der Waals surface area contributed by atoms with Crippen molar-refractivity contribution in [2.24, 2.45) is 0 Å². The lowest BCUT2D eigenvalue weighted by atomic mass is 10.0. The Bertz CT molecular complexity index is 1040. The Balaban J connectivity index is 1.71. The Morgan fingerprint density at radius 2 is 1.62 bits per heavy atom. The van der Waals surface area contributed by atoms with Gasteiger partial charge in [-0.05, 0) is 41.0 Å². The highest BCUT2D eigenvalue weighted by Crippen LogP contribution is 2.20. The van der Waals surface area contributed by atoms with Gasteiger partial charge in [-0.25, -0.2) is 8.42 Å². The van der Waals surface area contributed by atoms with E-state index in [-0.39, 0.29) is 16.8 Å². The van der Waals surface area contributed by atoms with Crippen LogP contribution in [-0.4, -0.2) is 20.6 Å². The van der Waals surface area contributed by atoms with Gasteiger partial charge in [-0.3, -0.25) is 4.79 Å². The Morgan fingerprint density at radius 1 is 0.962 bits per heavy atom. The molecular formula is C21H21NO3S. The van der Waals surface area contributed by atoms with Crippen LogP contribution in [0.3, 0.4) is 0 Å². The van der Waals surface area contributed by atoms with Gasteiger partial charge in [0.15, 0.2) is 9.84 Å². The molecule has 5 heteroatoms. The van der Waals surface area contributed by atoms with E-state index < -0.39 is 9.84 Å². The van der Waals surface area contributed by atoms with Crippen LogP contribution in [0, 0.1) is 0 Å². The van der Waals surface area contributed by atoms with E-state index in [1.807, 2.05) is 49.4 Å². The minimum Gasteiger partial charge on any atom is -0.349 e. The third kappa shape index (κ3) is 4.11. The number of fused-ring (bicyclic) bond motifs is 1. The van der Waals surface area contributed by atoms with Crippen molar-refractivity contribution in [3.05, 3.63) is 77.9 Å². The molecule has 0 unspecified atom stereocenters. The summed E-state index contributed by atoms with van der Waals surface area (Å²) in [6.07, 6.45) is 1.48. The molecule has 0 heterocycles. The summed E-state index contributed by atoms with van der Waals surface area (Å²) in [7, 11) is -3.22. The fourth-order valence-electron chi connectivity index (χ4n) is 3.00. The number of sulfone groups is 1. The first-order valence-corrected chi connectivity index (χ1v) is 10.3. The average molecular weight is 367 g/mol. The van der Waals surface area contributed by atoms with E-state index in [0.29, 0.717) is 6.42 Å². The number of benzene rings is 3. The molecular weight excluding hydrogens is 346 g/mol. The van der Waals surface area contributed by atoms with Crippen LogP contribution in [0.4, 0.5) is 0 Å². The second-order valence-corrected chi connectivity index (χ2v) is 8.46. The highest BCUT2D eigenvalue weighted by molar-refractivity contribution is 7.90. The average Bonchev–Trinajstić information content (AvgIpc) is 2.61. The van der Waals surface area contributed by atoms with Crippen LogP contribution in [0.2, 0.25) is 0 Å². The fraction of sp³-hybridized carbons (Fsp3) is 0.190. The van der Waals surface area contributed by atoms with Crippen molar-refractivity contribution in [2.45, 2.75) is 24.3 Å². The minimum atomic E-state index is -3.22. The van der Waals surface area contributed by atoms with Crippen LogP contribution < -0.4 is 5.32 Å². The van der Waals surface area contributed by atoms with Crippen molar-refractivity contribution in [2.75, 3.05) is 6.26 Å². The van der Waals surface area contributed by atoms with Crippen molar-refractivity contribution in [1.29, 1.82) is 0 Å². The second kappa shape index (κ2) is 7.30.